The summed E-state index contributed by atoms with van der Waals surface area (Å²) in [4.78, 5) is 11.4. The van der Waals surface area contributed by atoms with E-state index in [4.69, 9.17) is 0 Å². The molecule has 2 atom stereocenters. The van der Waals surface area contributed by atoms with Crippen molar-refractivity contribution in [3.63, 3.8) is 0 Å². The Morgan fingerprint density at radius 3 is 2.78 bits per heavy atom. The van der Waals surface area contributed by atoms with Crippen LogP contribution in [0.2, 0.25) is 0 Å². The van der Waals surface area contributed by atoms with Gasteiger partial charge in [0, 0.05) is 19.1 Å². The number of anilines is 1. The summed E-state index contributed by atoms with van der Waals surface area (Å²) in [5.74, 6) is 1.83. The first kappa shape index (κ1) is 13.3. The van der Waals surface area contributed by atoms with E-state index >= 15 is 0 Å². The van der Waals surface area contributed by atoms with E-state index in [2.05, 4.69) is 34.0 Å². The molecule has 1 aromatic rings. The van der Waals surface area contributed by atoms with Crippen molar-refractivity contribution in [1.82, 2.24) is 15.3 Å². The lowest BCUT2D eigenvalue weighted by Gasteiger charge is -2.38. The molecule has 0 spiro atoms. The molecule has 100 valence electrons. The number of rotatable bonds is 4. The van der Waals surface area contributed by atoms with Crippen LogP contribution in [0.3, 0.4) is 0 Å². The Morgan fingerprint density at radius 2 is 2.17 bits per heavy atom. The van der Waals surface area contributed by atoms with Gasteiger partial charge in [-0.05, 0) is 32.7 Å². The van der Waals surface area contributed by atoms with E-state index in [0.717, 1.165) is 30.5 Å². The molecule has 18 heavy (non-hydrogen) atoms. The van der Waals surface area contributed by atoms with Crippen molar-refractivity contribution in [2.75, 3.05) is 18.5 Å². The van der Waals surface area contributed by atoms with Crippen LogP contribution in [0.4, 0.5) is 5.82 Å². The maximum absolute atomic E-state index is 4.56. The van der Waals surface area contributed by atoms with E-state index in [1.54, 1.807) is 0 Å². The van der Waals surface area contributed by atoms with Gasteiger partial charge in [0.1, 0.15) is 5.82 Å². The predicted octanol–water partition coefficient (Wildman–Crippen LogP) is 2.21. The normalized spacial score (nSPS) is 24.3. The average molecular weight is 248 g/mol. The zero-order valence-electron chi connectivity index (χ0n) is 11.7. The molecule has 0 aromatic carbocycles. The summed E-state index contributed by atoms with van der Waals surface area (Å²) in [6.45, 7) is 6.47. The summed E-state index contributed by atoms with van der Waals surface area (Å²) in [7, 11) is 1.92. The SMILES string of the molecule is CCC1CCC(C)N(c2cnc(CNC)cn2)C1. The third kappa shape index (κ3) is 2.99. The highest BCUT2D eigenvalue weighted by atomic mass is 15.2. The van der Waals surface area contributed by atoms with E-state index in [0.29, 0.717) is 6.04 Å². The molecule has 1 fully saturated rings. The molecule has 1 N–H and O–H groups in total. The van der Waals surface area contributed by atoms with Crippen LogP contribution in [0, 0.1) is 5.92 Å². The quantitative estimate of drug-likeness (QED) is 0.887. The van der Waals surface area contributed by atoms with Crippen LogP contribution in [0.1, 0.15) is 38.8 Å². The number of nitrogens with one attached hydrogen (secondary N) is 1. The minimum Gasteiger partial charge on any atom is -0.352 e. The zero-order chi connectivity index (χ0) is 13.0. The summed E-state index contributed by atoms with van der Waals surface area (Å²) in [5.41, 5.74) is 0.998. The van der Waals surface area contributed by atoms with E-state index in [1.165, 1.54) is 19.3 Å². The van der Waals surface area contributed by atoms with Crippen molar-refractivity contribution < 1.29 is 0 Å². The van der Waals surface area contributed by atoms with E-state index in [-0.39, 0.29) is 0 Å². The molecule has 4 heteroatoms. The molecule has 1 aliphatic rings. The highest BCUT2D eigenvalue weighted by Gasteiger charge is 2.25. The van der Waals surface area contributed by atoms with Gasteiger partial charge in [0.2, 0.25) is 0 Å². The van der Waals surface area contributed by atoms with Crippen molar-refractivity contribution in [2.24, 2.45) is 5.92 Å². The summed E-state index contributed by atoms with van der Waals surface area (Å²) in [6.07, 6.45) is 7.67. The van der Waals surface area contributed by atoms with Crippen molar-refractivity contribution in [2.45, 2.75) is 45.7 Å². The van der Waals surface area contributed by atoms with E-state index < -0.39 is 0 Å². The van der Waals surface area contributed by atoms with E-state index in [1.807, 2.05) is 19.4 Å². The Labute approximate surface area is 110 Å². The maximum Gasteiger partial charge on any atom is 0.147 e. The fourth-order valence-corrected chi connectivity index (χ4v) is 2.60. The maximum atomic E-state index is 4.56. The monoisotopic (exact) mass is 248 g/mol. The molecule has 1 aliphatic heterocycles. The Bertz CT molecular complexity index is 363. The Kier molecular flexibility index (Phi) is 4.53. The molecular weight excluding hydrogens is 224 g/mol. The summed E-state index contributed by atoms with van der Waals surface area (Å²) < 4.78 is 0. The second-order valence-corrected chi connectivity index (χ2v) is 5.25. The molecule has 0 amide bonds. The zero-order valence-corrected chi connectivity index (χ0v) is 11.7. The minimum atomic E-state index is 0.581. The Morgan fingerprint density at radius 1 is 1.33 bits per heavy atom. The van der Waals surface area contributed by atoms with Crippen molar-refractivity contribution in [3.8, 4) is 0 Å². The summed E-state index contributed by atoms with van der Waals surface area (Å²) >= 11 is 0. The topological polar surface area (TPSA) is 41.1 Å². The third-order valence-corrected chi connectivity index (χ3v) is 3.90. The summed E-state index contributed by atoms with van der Waals surface area (Å²) in [6, 6.07) is 0.581. The second kappa shape index (κ2) is 6.14. The first-order valence-electron chi connectivity index (χ1n) is 6.96. The molecule has 0 saturated carbocycles. The van der Waals surface area contributed by atoms with Gasteiger partial charge in [-0.2, -0.15) is 0 Å². The lowest BCUT2D eigenvalue weighted by Crippen LogP contribution is -2.42. The molecule has 2 heterocycles. The number of hydrogen-bond donors (Lipinski definition) is 1. The smallest absolute Gasteiger partial charge is 0.147 e. The van der Waals surface area contributed by atoms with Gasteiger partial charge in [-0.1, -0.05) is 13.3 Å². The fraction of sp³-hybridized carbons (Fsp3) is 0.714. The molecule has 2 unspecified atom stereocenters. The molecule has 4 nitrogen and oxygen atoms in total. The van der Waals surface area contributed by atoms with Gasteiger partial charge in [0.25, 0.3) is 0 Å². The lowest BCUT2D eigenvalue weighted by molar-refractivity contribution is 0.357. The number of nitrogens with zero attached hydrogens (tertiary/aromatic N) is 3. The van der Waals surface area contributed by atoms with Gasteiger partial charge in [0.15, 0.2) is 0 Å². The third-order valence-electron chi connectivity index (χ3n) is 3.90. The van der Waals surface area contributed by atoms with Gasteiger partial charge in [-0.3, -0.25) is 4.98 Å². The standard InChI is InChI=1S/C14H24N4/c1-4-12-6-5-11(2)18(10-12)14-9-16-13(7-15-3)8-17-14/h8-9,11-12,15H,4-7,10H2,1-3H3. The lowest BCUT2D eigenvalue weighted by atomic mass is 9.91. The molecular formula is C14H24N4. The van der Waals surface area contributed by atoms with Gasteiger partial charge >= 0.3 is 0 Å². The molecule has 1 aromatic heterocycles. The predicted molar refractivity (Wildman–Crippen MR) is 74.6 cm³/mol. The van der Waals surface area contributed by atoms with Crippen LogP contribution in [0.5, 0.6) is 0 Å². The number of piperidine rings is 1. The van der Waals surface area contributed by atoms with Crippen LogP contribution in [0.25, 0.3) is 0 Å². The number of aromatic nitrogens is 2. The molecule has 2 rings (SSSR count). The van der Waals surface area contributed by atoms with Crippen molar-refractivity contribution in [1.29, 1.82) is 0 Å². The first-order valence-corrected chi connectivity index (χ1v) is 6.96. The second-order valence-electron chi connectivity index (χ2n) is 5.25. The average Bonchev–Trinajstić information content (AvgIpc) is 2.41. The van der Waals surface area contributed by atoms with Crippen LogP contribution in [-0.2, 0) is 6.54 Å². The van der Waals surface area contributed by atoms with Crippen molar-refractivity contribution in [3.05, 3.63) is 18.1 Å². The Hall–Kier alpha value is -1.16. The molecule has 1 saturated heterocycles. The fourth-order valence-electron chi connectivity index (χ4n) is 2.60. The van der Waals surface area contributed by atoms with Gasteiger partial charge in [-0.25, -0.2) is 4.98 Å². The Balaban J connectivity index is 2.08. The molecule has 0 aliphatic carbocycles. The van der Waals surface area contributed by atoms with Gasteiger partial charge in [-0.15, -0.1) is 0 Å². The number of hydrogen-bond acceptors (Lipinski definition) is 4. The summed E-state index contributed by atoms with van der Waals surface area (Å²) in [5, 5.41) is 3.09. The van der Waals surface area contributed by atoms with E-state index in [9.17, 15) is 0 Å². The highest BCUT2D eigenvalue weighted by molar-refractivity contribution is 5.38. The van der Waals surface area contributed by atoms with Crippen molar-refractivity contribution >= 4 is 5.82 Å². The van der Waals surface area contributed by atoms with Gasteiger partial charge in [0.05, 0.1) is 18.1 Å². The van der Waals surface area contributed by atoms with Crippen LogP contribution >= 0.6 is 0 Å². The largest absolute Gasteiger partial charge is 0.352 e. The van der Waals surface area contributed by atoms with Crippen LogP contribution in [-0.4, -0.2) is 29.6 Å². The first-order chi connectivity index (χ1) is 8.74. The highest BCUT2D eigenvalue weighted by Crippen LogP contribution is 2.27. The van der Waals surface area contributed by atoms with Crippen LogP contribution < -0.4 is 10.2 Å². The molecule has 0 radical (unpaired) electrons. The molecule has 0 bridgehead atoms. The minimum absolute atomic E-state index is 0.581. The van der Waals surface area contributed by atoms with Crippen LogP contribution in [0.15, 0.2) is 12.4 Å². The van der Waals surface area contributed by atoms with Gasteiger partial charge < -0.3 is 10.2 Å².